The van der Waals surface area contributed by atoms with Crippen LogP contribution >= 0.6 is 11.8 Å². The second-order valence-corrected chi connectivity index (χ2v) is 8.15. The summed E-state index contributed by atoms with van der Waals surface area (Å²) in [6.07, 6.45) is 12.1. The zero-order valence-electron chi connectivity index (χ0n) is 15.2. The molecular weight excluding hydrogens is 374 g/mol. The third kappa shape index (κ3) is 3.35. The zero-order valence-corrected chi connectivity index (χ0v) is 16.1. The number of nitrogens with zero attached hydrogens (tertiary/aromatic N) is 6. The Bertz CT molecular complexity index is 1070. The number of fused-ring (bicyclic) bond motifs is 1. The predicted molar refractivity (Wildman–Crippen MR) is 108 cm³/mol. The quantitative estimate of drug-likeness (QED) is 0.443. The second-order valence-electron chi connectivity index (χ2n) is 7.16. The Morgan fingerprint density at radius 3 is 2.93 bits per heavy atom. The molecule has 144 valence electrons. The molecule has 1 saturated carbocycles. The summed E-state index contributed by atoms with van der Waals surface area (Å²) in [5, 5.41) is 13.2. The average molecular weight is 395 g/mol. The van der Waals surface area contributed by atoms with Crippen LogP contribution in [-0.4, -0.2) is 45.7 Å². The molecule has 4 N–H and O–H groups in total. The lowest BCUT2D eigenvalue weighted by Gasteiger charge is -2.28. The number of aromatic amines is 2. The Balaban J connectivity index is 1.22. The molecule has 5 rings (SSSR count). The number of nitrogens with one attached hydrogen (secondary N) is 2. The second kappa shape index (κ2) is 7.27. The van der Waals surface area contributed by atoms with E-state index < -0.39 is 0 Å². The SMILES string of the molecule is Nc1nc(SCC2CCC(n3cc(-c4ncnc5[nH]ccc45)cn3)CC2)n[nH]1. The number of rotatable bonds is 5. The van der Waals surface area contributed by atoms with Gasteiger partial charge in [-0.2, -0.15) is 10.1 Å². The summed E-state index contributed by atoms with van der Waals surface area (Å²) in [7, 11) is 0. The van der Waals surface area contributed by atoms with Gasteiger partial charge in [0, 0.05) is 29.1 Å². The summed E-state index contributed by atoms with van der Waals surface area (Å²) >= 11 is 1.68. The number of hydrogen-bond acceptors (Lipinski definition) is 7. The number of nitrogen functional groups attached to an aromatic ring is 1. The van der Waals surface area contributed by atoms with Crippen LogP contribution in [0, 0.1) is 5.92 Å². The Morgan fingerprint density at radius 2 is 2.11 bits per heavy atom. The lowest BCUT2D eigenvalue weighted by Crippen LogP contribution is -2.19. The molecule has 10 heteroatoms. The normalized spacial score (nSPS) is 20.0. The fourth-order valence-electron chi connectivity index (χ4n) is 3.85. The van der Waals surface area contributed by atoms with Gasteiger partial charge in [-0.15, -0.1) is 5.10 Å². The van der Waals surface area contributed by atoms with Crippen LogP contribution in [0.2, 0.25) is 0 Å². The van der Waals surface area contributed by atoms with E-state index in [0.717, 1.165) is 46.0 Å². The Morgan fingerprint density at radius 1 is 1.21 bits per heavy atom. The van der Waals surface area contributed by atoms with Gasteiger partial charge in [0.05, 0.1) is 17.9 Å². The Labute approximate surface area is 165 Å². The first kappa shape index (κ1) is 17.2. The molecule has 28 heavy (non-hydrogen) atoms. The van der Waals surface area contributed by atoms with Crippen LogP contribution in [0.4, 0.5) is 5.95 Å². The van der Waals surface area contributed by atoms with Crippen LogP contribution in [0.15, 0.2) is 36.1 Å². The third-order valence-electron chi connectivity index (χ3n) is 5.35. The van der Waals surface area contributed by atoms with E-state index >= 15 is 0 Å². The van der Waals surface area contributed by atoms with Gasteiger partial charge in [-0.1, -0.05) is 11.8 Å². The highest BCUT2D eigenvalue weighted by atomic mass is 32.2. The van der Waals surface area contributed by atoms with E-state index in [0.29, 0.717) is 17.9 Å². The minimum atomic E-state index is 0.376. The van der Waals surface area contributed by atoms with Crippen LogP contribution in [0.5, 0.6) is 0 Å². The van der Waals surface area contributed by atoms with Gasteiger partial charge in [-0.3, -0.25) is 4.68 Å². The summed E-state index contributed by atoms with van der Waals surface area (Å²) in [6.45, 7) is 0. The van der Waals surface area contributed by atoms with Crippen LogP contribution in [-0.2, 0) is 0 Å². The maximum atomic E-state index is 5.58. The number of hydrogen-bond donors (Lipinski definition) is 3. The van der Waals surface area contributed by atoms with Gasteiger partial charge in [0.15, 0.2) is 0 Å². The van der Waals surface area contributed by atoms with E-state index in [9.17, 15) is 0 Å². The molecule has 1 fully saturated rings. The molecule has 0 bridgehead atoms. The van der Waals surface area contributed by atoms with E-state index in [2.05, 4.69) is 46.1 Å². The van der Waals surface area contributed by atoms with Crippen molar-refractivity contribution >= 4 is 28.7 Å². The molecular formula is C18H21N9S. The summed E-state index contributed by atoms with van der Waals surface area (Å²) < 4.78 is 2.11. The summed E-state index contributed by atoms with van der Waals surface area (Å²) in [5.41, 5.74) is 8.39. The molecule has 0 spiro atoms. The van der Waals surface area contributed by atoms with Crippen LogP contribution in [0.1, 0.15) is 31.7 Å². The van der Waals surface area contributed by atoms with Crippen molar-refractivity contribution in [2.24, 2.45) is 5.92 Å². The number of thioether (sulfide) groups is 1. The van der Waals surface area contributed by atoms with E-state index in [1.165, 1.54) is 12.8 Å². The molecule has 4 aromatic heterocycles. The monoisotopic (exact) mass is 395 g/mol. The van der Waals surface area contributed by atoms with Gasteiger partial charge in [0.25, 0.3) is 0 Å². The highest BCUT2D eigenvalue weighted by Crippen LogP contribution is 2.35. The molecule has 4 aromatic rings. The molecule has 0 aromatic carbocycles. The van der Waals surface area contributed by atoms with Gasteiger partial charge in [-0.05, 0) is 37.7 Å². The lowest BCUT2D eigenvalue weighted by molar-refractivity contribution is 0.277. The molecule has 0 unspecified atom stereocenters. The first-order chi connectivity index (χ1) is 13.8. The third-order valence-corrected chi connectivity index (χ3v) is 6.43. The fourth-order valence-corrected chi connectivity index (χ4v) is 4.84. The molecule has 0 aliphatic heterocycles. The lowest BCUT2D eigenvalue weighted by atomic mass is 9.87. The van der Waals surface area contributed by atoms with Crippen molar-refractivity contribution in [3.8, 4) is 11.3 Å². The summed E-state index contributed by atoms with van der Waals surface area (Å²) in [6, 6.07) is 2.45. The predicted octanol–water partition coefficient (Wildman–Crippen LogP) is 3.05. The number of H-pyrrole nitrogens is 2. The fraction of sp³-hybridized carbons (Fsp3) is 0.389. The van der Waals surface area contributed by atoms with Crippen molar-refractivity contribution in [1.29, 1.82) is 0 Å². The minimum Gasteiger partial charge on any atom is -0.368 e. The number of aromatic nitrogens is 8. The van der Waals surface area contributed by atoms with Gasteiger partial charge in [-0.25, -0.2) is 15.1 Å². The smallest absolute Gasteiger partial charge is 0.216 e. The summed E-state index contributed by atoms with van der Waals surface area (Å²) in [4.78, 5) is 16.0. The van der Waals surface area contributed by atoms with Crippen LogP contribution in [0.25, 0.3) is 22.3 Å². The first-order valence-corrected chi connectivity index (χ1v) is 10.4. The molecule has 0 radical (unpaired) electrons. The Hall–Kier alpha value is -2.88. The van der Waals surface area contributed by atoms with Gasteiger partial charge in [0.2, 0.25) is 11.1 Å². The van der Waals surface area contributed by atoms with Crippen molar-refractivity contribution in [1.82, 2.24) is 39.9 Å². The molecule has 9 nitrogen and oxygen atoms in total. The van der Waals surface area contributed by atoms with Crippen molar-refractivity contribution in [2.45, 2.75) is 36.9 Å². The first-order valence-electron chi connectivity index (χ1n) is 9.39. The van der Waals surface area contributed by atoms with E-state index in [1.54, 1.807) is 18.1 Å². The minimum absolute atomic E-state index is 0.376. The van der Waals surface area contributed by atoms with E-state index in [4.69, 9.17) is 5.73 Å². The maximum Gasteiger partial charge on any atom is 0.216 e. The van der Waals surface area contributed by atoms with Gasteiger partial charge >= 0.3 is 0 Å². The van der Waals surface area contributed by atoms with Gasteiger partial charge < -0.3 is 10.7 Å². The molecule has 0 atom stereocenters. The van der Waals surface area contributed by atoms with Crippen molar-refractivity contribution in [2.75, 3.05) is 11.5 Å². The number of anilines is 1. The highest BCUT2D eigenvalue weighted by Gasteiger charge is 2.24. The van der Waals surface area contributed by atoms with Crippen LogP contribution in [0.3, 0.4) is 0 Å². The molecule has 4 heterocycles. The van der Waals surface area contributed by atoms with Gasteiger partial charge in [0.1, 0.15) is 12.0 Å². The van der Waals surface area contributed by atoms with Crippen LogP contribution < -0.4 is 5.73 Å². The summed E-state index contributed by atoms with van der Waals surface area (Å²) in [5.74, 6) is 2.08. The number of nitrogens with two attached hydrogens (primary N) is 1. The topological polar surface area (TPSA) is 127 Å². The largest absolute Gasteiger partial charge is 0.368 e. The van der Waals surface area contributed by atoms with Crippen molar-refractivity contribution in [3.63, 3.8) is 0 Å². The standard InChI is InChI=1S/C18H21N9S/c19-17-24-18(26-25-17)28-9-11-1-3-13(4-2-11)27-8-12(7-23-27)15-14-5-6-20-16(14)22-10-21-15/h5-8,10-11,13H,1-4,9H2,(H,20,21,22)(H3,19,24,25,26). The molecule has 1 aliphatic rings. The molecule has 0 saturated heterocycles. The highest BCUT2D eigenvalue weighted by molar-refractivity contribution is 7.99. The zero-order chi connectivity index (χ0) is 18.9. The van der Waals surface area contributed by atoms with E-state index in [1.807, 2.05) is 18.5 Å². The maximum absolute atomic E-state index is 5.58. The van der Waals surface area contributed by atoms with Crippen molar-refractivity contribution < 1.29 is 0 Å². The Kier molecular flexibility index (Phi) is 4.47. The average Bonchev–Trinajstić information content (AvgIpc) is 3.47. The van der Waals surface area contributed by atoms with E-state index in [-0.39, 0.29) is 0 Å². The molecule has 1 aliphatic carbocycles. The van der Waals surface area contributed by atoms with Crippen molar-refractivity contribution in [3.05, 3.63) is 31.0 Å². The molecule has 0 amide bonds.